The maximum absolute atomic E-state index is 12.4. The van der Waals surface area contributed by atoms with Crippen molar-refractivity contribution in [2.24, 2.45) is 17.8 Å². The smallest absolute Gasteiger partial charge is 0.234 e. The van der Waals surface area contributed by atoms with Crippen LogP contribution in [0.15, 0.2) is 0 Å². The summed E-state index contributed by atoms with van der Waals surface area (Å²) >= 11 is 0. The summed E-state index contributed by atoms with van der Waals surface area (Å²) < 4.78 is 0. The Bertz CT molecular complexity index is 387. The van der Waals surface area contributed by atoms with Gasteiger partial charge in [0.15, 0.2) is 0 Å². The van der Waals surface area contributed by atoms with E-state index in [1.54, 1.807) is 0 Å². The maximum atomic E-state index is 12.4. The van der Waals surface area contributed by atoms with Gasteiger partial charge in [0, 0.05) is 19.1 Å². The lowest BCUT2D eigenvalue weighted by Crippen LogP contribution is -2.45. The lowest BCUT2D eigenvalue weighted by Gasteiger charge is -2.29. The molecule has 22 heavy (non-hydrogen) atoms. The quantitative estimate of drug-likeness (QED) is 0.843. The van der Waals surface area contributed by atoms with Gasteiger partial charge in [0.2, 0.25) is 5.91 Å². The first-order chi connectivity index (χ1) is 10.7. The van der Waals surface area contributed by atoms with Crippen LogP contribution in [0.2, 0.25) is 0 Å². The Labute approximate surface area is 135 Å². The van der Waals surface area contributed by atoms with Crippen LogP contribution in [-0.2, 0) is 4.79 Å². The number of likely N-dealkylation sites (N-methyl/N-ethyl adjacent to an activating group) is 1. The lowest BCUT2D eigenvalue weighted by molar-refractivity contribution is -0.123. The van der Waals surface area contributed by atoms with Crippen LogP contribution in [0.4, 0.5) is 0 Å². The number of hydrogen-bond donors (Lipinski definition) is 1. The van der Waals surface area contributed by atoms with Crippen molar-refractivity contribution in [3.8, 4) is 0 Å². The molecule has 4 nitrogen and oxygen atoms in total. The second-order valence-electron chi connectivity index (χ2n) is 7.76. The molecule has 1 amide bonds. The number of carbonyl (C=O) groups excluding carboxylic acids is 1. The molecule has 3 fully saturated rings. The monoisotopic (exact) mass is 307 g/mol. The molecule has 0 unspecified atom stereocenters. The molecule has 3 aliphatic rings. The van der Waals surface area contributed by atoms with Crippen LogP contribution < -0.4 is 5.32 Å². The van der Waals surface area contributed by atoms with E-state index in [0.717, 1.165) is 43.9 Å². The maximum Gasteiger partial charge on any atom is 0.234 e. The fourth-order valence-corrected chi connectivity index (χ4v) is 5.01. The molecular weight excluding hydrogens is 274 g/mol. The van der Waals surface area contributed by atoms with Gasteiger partial charge in [-0.25, -0.2) is 0 Å². The molecule has 1 saturated heterocycles. The SMILES string of the molecule is CCN1CCCN(CC(=O)N[C@H](C)[C@H]2C[C@H]3CC[C@H]2C3)CC1. The first kappa shape index (κ1) is 16.3. The second kappa shape index (κ2) is 7.31. The van der Waals surface area contributed by atoms with Gasteiger partial charge in [0.25, 0.3) is 0 Å². The Balaban J connectivity index is 1.42. The van der Waals surface area contributed by atoms with E-state index in [9.17, 15) is 4.79 Å². The normalized spacial score (nSPS) is 34.5. The van der Waals surface area contributed by atoms with E-state index < -0.39 is 0 Å². The van der Waals surface area contributed by atoms with Crippen molar-refractivity contribution >= 4 is 5.91 Å². The fraction of sp³-hybridized carbons (Fsp3) is 0.944. The molecule has 0 aromatic rings. The highest BCUT2D eigenvalue weighted by Gasteiger charge is 2.42. The average Bonchev–Trinajstić information content (AvgIpc) is 3.06. The molecule has 0 aromatic heterocycles. The van der Waals surface area contributed by atoms with E-state index in [-0.39, 0.29) is 5.91 Å². The standard InChI is InChI=1S/C18H33N3O/c1-3-20-7-4-8-21(10-9-20)13-18(22)19-14(2)17-12-15-5-6-16(17)11-15/h14-17H,3-13H2,1-2H3,(H,19,22)/t14-,15+,16+,17-/m1/s1. The Morgan fingerprint density at radius 2 is 1.91 bits per heavy atom. The Morgan fingerprint density at radius 1 is 1.14 bits per heavy atom. The van der Waals surface area contributed by atoms with Gasteiger partial charge >= 0.3 is 0 Å². The van der Waals surface area contributed by atoms with Gasteiger partial charge in [-0.2, -0.15) is 0 Å². The molecule has 0 aromatic carbocycles. The minimum atomic E-state index is 0.236. The van der Waals surface area contributed by atoms with E-state index in [4.69, 9.17) is 0 Å². The number of hydrogen-bond acceptors (Lipinski definition) is 3. The van der Waals surface area contributed by atoms with Crippen molar-refractivity contribution < 1.29 is 4.79 Å². The van der Waals surface area contributed by atoms with Gasteiger partial charge in [-0.05, 0) is 70.0 Å². The van der Waals surface area contributed by atoms with Crippen LogP contribution in [0, 0.1) is 17.8 Å². The van der Waals surface area contributed by atoms with E-state index >= 15 is 0 Å². The van der Waals surface area contributed by atoms with Crippen molar-refractivity contribution in [1.29, 1.82) is 0 Å². The van der Waals surface area contributed by atoms with Crippen LogP contribution in [-0.4, -0.2) is 61.0 Å². The molecule has 1 aliphatic heterocycles. The summed E-state index contributed by atoms with van der Waals surface area (Å²) in [5, 5.41) is 3.31. The summed E-state index contributed by atoms with van der Waals surface area (Å²) in [6.45, 7) is 10.5. The molecule has 0 radical (unpaired) electrons. The van der Waals surface area contributed by atoms with E-state index in [2.05, 4.69) is 29.0 Å². The third-order valence-corrected chi connectivity index (χ3v) is 6.32. The second-order valence-corrected chi connectivity index (χ2v) is 7.76. The number of carbonyl (C=O) groups is 1. The van der Waals surface area contributed by atoms with Gasteiger partial charge < -0.3 is 10.2 Å². The van der Waals surface area contributed by atoms with Crippen molar-refractivity contribution in [1.82, 2.24) is 15.1 Å². The number of amides is 1. The fourth-order valence-electron chi connectivity index (χ4n) is 5.01. The van der Waals surface area contributed by atoms with Crippen LogP contribution in [0.5, 0.6) is 0 Å². The summed E-state index contributed by atoms with van der Waals surface area (Å²) in [5.41, 5.74) is 0. The largest absolute Gasteiger partial charge is 0.352 e. The summed E-state index contributed by atoms with van der Waals surface area (Å²) in [6.07, 6.45) is 6.78. The van der Waals surface area contributed by atoms with Crippen molar-refractivity contribution in [2.75, 3.05) is 39.3 Å². The molecular formula is C18H33N3O. The molecule has 4 atom stereocenters. The van der Waals surface area contributed by atoms with Crippen molar-refractivity contribution in [2.45, 2.75) is 52.0 Å². The highest BCUT2D eigenvalue weighted by atomic mass is 16.2. The summed E-state index contributed by atoms with van der Waals surface area (Å²) in [7, 11) is 0. The Kier molecular flexibility index (Phi) is 5.40. The predicted molar refractivity (Wildman–Crippen MR) is 89.7 cm³/mol. The first-order valence-electron chi connectivity index (χ1n) is 9.39. The summed E-state index contributed by atoms with van der Waals surface area (Å²) in [6, 6.07) is 0.363. The van der Waals surface area contributed by atoms with Gasteiger partial charge in [0.1, 0.15) is 0 Å². The summed E-state index contributed by atoms with van der Waals surface area (Å²) in [4.78, 5) is 17.2. The number of fused-ring (bicyclic) bond motifs is 2. The molecule has 4 heteroatoms. The number of rotatable bonds is 5. The molecule has 2 aliphatic carbocycles. The lowest BCUT2D eigenvalue weighted by atomic mass is 9.84. The van der Waals surface area contributed by atoms with E-state index in [1.807, 2.05) is 0 Å². The molecule has 3 rings (SSSR count). The van der Waals surface area contributed by atoms with E-state index in [0.29, 0.717) is 12.6 Å². The predicted octanol–water partition coefficient (Wildman–Crippen LogP) is 1.95. The van der Waals surface area contributed by atoms with Crippen molar-refractivity contribution in [3.05, 3.63) is 0 Å². The van der Waals surface area contributed by atoms with Gasteiger partial charge in [0.05, 0.1) is 6.54 Å². The first-order valence-corrected chi connectivity index (χ1v) is 9.39. The molecule has 1 N–H and O–H groups in total. The number of nitrogens with one attached hydrogen (secondary N) is 1. The van der Waals surface area contributed by atoms with E-state index in [1.165, 1.54) is 38.6 Å². The third-order valence-electron chi connectivity index (χ3n) is 6.32. The van der Waals surface area contributed by atoms with Crippen LogP contribution in [0.3, 0.4) is 0 Å². The van der Waals surface area contributed by atoms with Gasteiger partial charge in [-0.15, -0.1) is 0 Å². The molecule has 126 valence electrons. The Hall–Kier alpha value is -0.610. The summed E-state index contributed by atoms with van der Waals surface area (Å²) in [5.74, 6) is 2.82. The molecule has 2 bridgehead atoms. The third kappa shape index (κ3) is 3.83. The highest BCUT2D eigenvalue weighted by Crippen LogP contribution is 2.49. The Morgan fingerprint density at radius 3 is 2.59 bits per heavy atom. The van der Waals surface area contributed by atoms with Crippen LogP contribution >= 0.6 is 0 Å². The highest BCUT2D eigenvalue weighted by molar-refractivity contribution is 5.78. The molecule has 2 saturated carbocycles. The molecule has 1 heterocycles. The van der Waals surface area contributed by atoms with Gasteiger partial charge in [-0.3, -0.25) is 9.69 Å². The zero-order valence-corrected chi connectivity index (χ0v) is 14.4. The average molecular weight is 307 g/mol. The van der Waals surface area contributed by atoms with Crippen LogP contribution in [0.25, 0.3) is 0 Å². The zero-order chi connectivity index (χ0) is 15.5. The van der Waals surface area contributed by atoms with Crippen LogP contribution in [0.1, 0.15) is 46.0 Å². The minimum Gasteiger partial charge on any atom is -0.352 e. The van der Waals surface area contributed by atoms with Crippen molar-refractivity contribution in [3.63, 3.8) is 0 Å². The zero-order valence-electron chi connectivity index (χ0n) is 14.4. The van der Waals surface area contributed by atoms with Gasteiger partial charge in [-0.1, -0.05) is 13.3 Å². The minimum absolute atomic E-state index is 0.236. The number of nitrogens with zero attached hydrogens (tertiary/aromatic N) is 2. The topological polar surface area (TPSA) is 35.6 Å². The molecule has 0 spiro atoms.